The van der Waals surface area contributed by atoms with E-state index in [-0.39, 0.29) is 28.7 Å². The predicted octanol–water partition coefficient (Wildman–Crippen LogP) is 6.07. The number of terminal acetylenes is 1. The quantitative estimate of drug-likeness (QED) is 0.284. The lowest BCUT2D eigenvalue weighted by Gasteiger charge is -2.24. The van der Waals surface area contributed by atoms with Gasteiger partial charge in [0.15, 0.2) is 11.5 Å². The zero-order valence-electron chi connectivity index (χ0n) is 37.0. The lowest BCUT2D eigenvalue weighted by atomic mass is 10.1. The van der Waals surface area contributed by atoms with Crippen molar-refractivity contribution >= 4 is 22.4 Å². The zero-order chi connectivity index (χ0) is 40.3. The van der Waals surface area contributed by atoms with E-state index in [1.165, 1.54) is 48.6 Å². The van der Waals surface area contributed by atoms with Gasteiger partial charge in [-0.2, -0.15) is 0 Å². The number of rotatable bonds is 11. The molecule has 0 spiro atoms. The number of aromatic nitrogens is 2. The van der Waals surface area contributed by atoms with Crippen LogP contribution in [0.25, 0.3) is 10.9 Å². The van der Waals surface area contributed by atoms with Crippen molar-refractivity contribution in [3.05, 3.63) is 47.6 Å². The largest absolute Gasteiger partial charge is 0.487 e. The Bertz CT molecular complexity index is 1950. The van der Waals surface area contributed by atoms with Gasteiger partial charge in [-0.25, -0.2) is 9.97 Å². The van der Waals surface area contributed by atoms with Crippen molar-refractivity contribution in [2.45, 2.75) is 66.2 Å². The molecule has 3 rings (SSSR count). The van der Waals surface area contributed by atoms with E-state index in [1.54, 1.807) is 0 Å². The Kier molecular flexibility index (Phi) is 4.64. The second-order valence-electron chi connectivity index (χ2n) is 8.98. The molecule has 0 N–H and O–H groups in total. The fourth-order valence-corrected chi connectivity index (χ4v) is 2.82. The lowest BCUT2D eigenvalue weighted by Crippen LogP contribution is -2.23. The van der Waals surface area contributed by atoms with Crippen LogP contribution in [-0.2, 0) is 9.47 Å². The standard InChI is InChI=1S/C30H39N3O4/c1-10-23-12-11-21(4)26(15-23)33(9)29-24-16-27(34-13-14-36-30(6,7)8)28(17-25(24)31-19-32-29)37-22(5)18-35-20(2)3/h1,11-12,15-17,19-20,22H,13-14,18H2,2-9H3/i1D,11D,12D,13D2,14D2,15D,16D,17D,18D2,19D,20D,22D. The second kappa shape index (κ2) is 12.3. The van der Waals surface area contributed by atoms with Gasteiger partial charge in [-0.1, -0.05) is 12.0 Å². The molecule has 3 aromatic rings. The summed E-state index contributed by atoms with van der Waals surface area (Å²) in [5, 5.41) is -0.439. The van der Waals surface area contributed by atoms with Crippen molar-refractivity contribution in [2.75, 3.05) is 31.6 Å². The van der Waals surface area contributed by atoms with Gasteiger partial charge in [-0.15, -0.1) is 6.40 Å². The molecule has 1 atom stereocenters. The molecule has 0 saturated heterocycles. The molecule has 1 aromatic heterocycles. The number of benzene rings is 2. The third-order valence-electron chi connectivity index (χ3n) is 4.41. The van der Waals surface area contributed by atoms with Crippen molar-refractivity contribution in [1.82, 2.24) is 9.97 Å². The molecule has 2 aromatic carbocycles. The summed E-state index contributed by atoms with van der Waals surface area (Å²) in [7, 11) is 1.32. The van der Waals surface area contributed by atoms with Crippen LogP contribution in [0, 0.1) is 19.2 Å². The normalized spacial score (nSPS) is 20.4. The highest BCUT2D eigenvalue weighted by atomic mass is 16.6. The SMILES string of the molecule is [2H]C#Cc1c([2H])c([2H])c(C)c(N(C)c2nc([2H])nc3c([2H])c(OC([2H])(C)C([2H])([2H])OC([2H])(C)C)c(OC([2H])([2H])C([2H])([2H])OC(C)(C)C)c([2H])c23)c1[2H]. The minimum atomic E-state index is -3.48. The minimum Gasteiger partial charge on any atom is -0.487 e. The van der Waals surface area contributed by atoms with Gasteiger partial charge in [0.1, 0.15) is 27.5 Å². The number of nitrogens with zero attached hydrogens (tertiary/aromatic N) is 3. The molecule has 7 nitrogen and oxygen atoms in total. The molecular formula is C30H39N3O4. The third-order valence-corrected chi connectivity index (χ3v) is 4.41. The molecule has 0 fully saturated rings. The molecule has 37 heavy (non-hydrogen) atoms. The van der Waals surface area contributed by atoms with Crippen LogP contribution in [0.2, 0.25) is 0 Å². The number of hydrogen-bond acceptors (Lipinski definition) is 7. The smallest absolute Gasteiger partial charge is 0.163 e. The van der Waals surface area contributed by atoms with Crippen molar-refractivity contribution in [3.63, 3.8) is 0 Å². The average Bonchev–Trinajstić information content (AvgIpc) is 2.95. The van der Waals surface area contributed by atoms with Gasteiger partial charge in [-0.3, -0.25) is 0 Å². The summed E-state index contributed by atoms with van der Waals surface area (Å²) >= 11 is 0. The molecule has 0 amide bonds. The molecule has 1 heterocycles. The third kappa shape index (κ3) is 7.82. The van der Waals surface area contributed by atoms with E-state index in [9.17, 15) is 1.37 Å². The predicted molar refractivity (Wildman–Crippen MR) is 149 cm³/mol. The van der Waals surface area contributed by atoms with Gasteiger partial charge in [0.2, 0.25) is 0 Å². The van der Waals surface area contributed by atoms with Crippen LogP contribution in [0.4, 0.5) is 11.5 Å². The fraction of sp³-hybridized carbons (Fsp3) is 0.467. The van der Waals surface area contributed by atoms with E-state index in [0.717, 1.165) is 11.8 Å². The maximum atomic E-state index is 9.24. The Morgan fingerprint density at radius 1 is 1.16 bits per heavy atom. The van der Waals surface area contributed by atoms with E-state index in [2.05, 4.69) is 15.9 Å². The van der Waals surface area contributed by atoms with Crippen LogP contribution in [0.3, 0.4) is 0 Å². The monoisotopic (exact) mass is 520 g/mol. The Morgan fingerprint density at radius 2 is 1.95 bits per heavy atom. The van der Waals surface area contributed by atoms with Crippen molar-refractivity contribution < 1.29 is 39.5 Å². The van der Waals surface area contributed by atoms with Gasteiger partial charge in [0.25, 0.3) is 0 Å². The number of ether oxygens (including phenoxy) is 4. The molecule has 0 aliphatic heterocycles. The highest BCUT2D eigenvalue weighted by Crippen LogP contribution is 2.38. The van der Waals surface area contributed by atoms with E-state index >= 15 is 0 Å². The van der Waals surface area contributed by atoms with Gasteiger partial charge in [0, 0.05) is 29.7 Å². The first kappa shape index (κ1) is 14.0. The average molecular weight is 521 g/mol. The van der Waals surface area contributed by atoms with Crippen molar-refractivity contribution in [2.24, 2.45) is 0 Å². The van der Waals surface area contributed by atoms with E-state index < -0.39 is 90.3 Å². The number of anilines is 2. The summed E-state index contributed by atoms with van der Waals surface area (Å²) in [5.74, 6) is -0.0817. The summed E-state index contributed by atoms with van der Waals surface area (Å²) in [6.07, 6.45) is -3.65. The lowest BCUT2D eigenvalue weighted by molar-refractivity contribution is -0.0170. The molecule has 0 saturated carbocycles. The number of hydrogen-bond donors (Lipinski definition) is 0. The van der Waals surface area contributed by atoms with Crippen LogP contribution in [0.5, 0.6) is 11.5 Å². The first-order chi connectivity index (χ1) is 23.3. The summed E-state index contributed by atoms with van der Waals surface area (Å²) in [4.78, 5) is 9.20. The topological polar surface area (TPSA) is 65.9 Å². The maximum Gasteiger partial charge on any atom is 0.163 e. The maximum absolute atomic E-state index is 9.24. The molecule has 0 aliphatic carbocycles. The molecule has 1 unspecified atom stereocenters. The summed E-state index contributed by atoms with van der Waals surface area (Å²) in [6, 6.07) is -2.98. The molecule has 198 valence electrons. The molecule has 7 heteroatoms. The highest BCUT2D eigenvalue weighted by Gasteiger charge is 2.19. The van der Waals surface area contributed by atoms with E-state index in [1.807, 2.05) is 6.40 Å². The second-order valence-corrected chi connectivity index (χ2v) is 8.98. The minimum absolute atomic E-state index is 0.0637. The van der Waals surface area contributed by atoms with E-state index in [4.69, 9.17) is 38.1 Å². The highest BCUT2D eigenvalue weighted by molar-refractivity contribution is 5.94. The summed E-state index contributed by atoms with van der Waals surface area (Å²) < 4.78 is 148. The summed E-state index contributed by atoms with van der Waals surface area (Å²) in [6.45, 7) is -0.843. The van der Waals surface area contributed by atoms with Gasteiger partial charge >= 0.3 is 0 Å². The first-order valence-corrected chi connectivity index (χ1v) is 11.2. The Balaban J connectivity index is 2.52. The van der Waals surface area contributed by atoms with Gasteiger partial charge in [0.05, 0.1) is 48.1 Å². The van der Waals surface area contributed by atoms with Gasteiger partial charge in [-0.05, 0) is 72.2 Å². The van der Waals surface area contributed by atoms with Gasteiger partial charge < -0.3 is 23.8 Å². The molecule has 0 radical (unpaired) electrons. The summed E-state index contributed by atoms with van der Waals surface area (Å²) in [5.41, 5.74) is -2.11. The first-order valence-electron chi connectivity index (χ1n) is 18.7. The Labute approximate surface area is 242 Å². The van der Waals surface area contributed by atoms with Crippen LogP contribution < -0.4 is 14.4 Å². The van der Waals surface area contributed by atoms with Crippen molar-refractivity contribution in [3.8, 4) is 23.8 Å². The van der Waals surface area contributed by atoms with Crippen LogP contribution in [-0.4, -0.2) is 54.5 Å². The van der Waals surface area contributed by atoms with Crippen LogP contribution in [0.15, 0.2) is 36.5 Å². The number of fused-ring (bicyclic) bond motifs is 1. The van der Waals surface area contributed by atoms with Crippen molar-refractivity contribution in [1.29, 1.82) is 0 Å². The Hall–Kier alpha value is -3.34. The molecule has 0 bridgehead atoms. The van der Waals surface area contributed by atoms with Crippen LogP contribution >= 0.6 is 0 Å². The van der Waals surface area contributed by atoms with E-state index in [0.29, 0.717) is 0 Å². The Morgan fingerprint density at radius 3 is 2.65 bits per heavy atom. The zero-order valence-corrected chi connectivity index (χ0v) is 22.0. The molecular weight excluding hydrogens is 466 g/mol. The molecule has 0 aliphatic rings. The van der Waals surface area contributed by atoms with Crippen LogP contribution in [0.1, 0.15) is 73.2 Å². The fourth-order valence-electron chi connectivity index (χ4n) is 2.82.